The lowest BCUT2D eigenvalue weighted by atomic mass is 10.0. The number of halogens is 2. The molecular formula is C19H23F2NO2. The zero-order chi connectivity index (χ0) is 17.5. The first-order chi connectivity index (χ1) is 11.6. The van der Waals surface area contributed by atoms with Crippen LogP contribution >= 0.6 is 0 Å². The summed E-state index contributed by atoms with van der Waals surface area (Å²) in [6, 6.07) is 11.0. The Morgan fingerprint density at radius 2 is 1.67 bits per heavy atom. The van der Waals surface area contributed by atoms with Crippen LogP contribution in [0.25, 0.3) is 0 Å². The molecule has 3 nitrogen and oxygen atoms in total. The fourth-order valence-electron chi connectivity index (χ4n) is 2.62. The topological polar surface area (TPSA) is 41.5 Å². The van der Waals surface area contributed by atoms with Crippen LogP contribution in [0.5, 0.6) is 0 Å². The molecule has 0 radical (unpaired) electrons. The van der Waals surface area contributed by atoms with Crippen molar-refractivity contribution in [3.05, 3.63) is 70.8 Å². The number of hydrogen-bond donors (Lipinski definition) is 2. The summed E-state index contributed by atoms with van der Waals surface area (Å²) in [6.07, 6.45) is 0.943. The molecule has 0 spiro atoms. The van der Waals surface area contributed by atoms with Gasteiger partial charge >= 0.3 is 0 Å². The molecule has 2 rings (SSSR count). The molecule has 0 heterocycles. The number of aryl methyl sites for hydroxylation is 1. The lowest BCUT2D eigenvalue weighted by molar-refractivity contribution is 0.148. The standard InChI is InChI=1S/C19H23F2NO2/c1-3-13-4-6-14(7-5-13)18(11-23)22-19(12-24-2)15-8-9-16(20)17(21)10-15/h4-10,18-19,22-23H,3,11-12H2,1-2H3. The van der Waals surface area contributed by atoms with E-state index in [0.717, 1.165) is 24.1 Å². The van der Waals surface area contributed by atoms with Gasteiger partial charge in [-0.1, -0.05) is 37.3 Å². The van der Waals surface area contributed by atoms with Gasteiger partial charge in [0.05, 0.1) is 25.3 Å². The summed E-state index contributed by atoms with van der Waals surface area (Å²) in [5.74, 6) is -1.79. The number of hydrogen-bond acceptors (Lipinski definition) is 3. The molecule has 0 aliphatic rings. The van der Waals surface area contributed by atoms with E-state index < -0.39 is 11.6 Å². The molecule has 130 valence electrons. The van der Waals surface area contributed by atoms with E-state index in [1.807, 2.05) is 24.3 Å². The van der Waals surface area contributed by atoms with Crippen LogP contribution in [0.4, 0.5) is 8.78 Å². The molecule has 2 aromatic carbocycles. The van der Waals surface area contributed by atoms with E-state index in [2.05, 4.69) is 12.2 Å². The number of nitrogens with one attached hydrogen (secondary N) is 1. The van der Waals surface area contributed by atoms with Gasteiger partial charge in [-0.05, 0) is 35.2 Å². The normalized spacial score (nSPS) is 13.7. The van der Waals surface area contributed by atoms with Crippen molar-refractivity contribution < 1.29 is 18.6 Å². The first-order valence-corrected chi connectivity index (χ1v) is 7.98. The molecule has 0 saturated heterocycles. The van der Waals surface area contributed by atoms with Crippen LogP contribution in [0.1, 0.15) is 35.7 Å². The Labute approximate surface area is 141 Å². The smallest absolute Gasteiger partial charge is 0.159 e. The number of benzene rings is 2. The van der Waals surface area contributed by atoms with Crippen molar-refractivity contribution in [2.24, 2.45) is 0 Å². The maximum Gasteiger partial charge on any atom is 0.159 e. The van der Waals surface area contributed by atoms with Crippen LogP contribution in [-0.2, 0) is 11.2 Å². The highest BCUT2D eigenvalue weighted by molar-refractivity contribution is 5.27. The largest absolute Gasteiger partial charge is 0.394 e. The Kier molecular flexibility index (Phi) is 6.85. The average Bonchev–Trinajstić information content (AvgIpc) is 2.61. The summed E-state index contributed by atoms with van der Waals surface area (Å²) >= 11 is 0. The molecular weight excluding hydrogens is 312 g/mol. The van der Waals surface area contributed by atoms with Gasteiger partial charge in [-0.15, -0.1) is 0 Å². The number of aliphatic hydroxyl groups is 1. The number of methoxy groups -OCH3 is 1. The second-order valence-corrected chi connectivity index (χ2v) is 5.68. The van der Waals surface area contributed by atoms with Gasteiger partial charge in [0.25, 0.3) is 0 Å². The van der Waals surface area contributed by atoms with Gasteiger partial charge < -0.3 is 9.84 Å². The van der Waals surface area contributed by atoms with Crippen LogP contribution in [0.3, 0.4) is 0 Å². The fourth-order valence-corrected chi connectivity index (χ4v) is 2.62. The van der Waals surface area contributed by atoms with Gasteiger partial charge in [-0.2, -0.15) is 0 Å². The van der Waals surface area contributed by atoms with E-state index in [0.29, 0.717) is 5.56 Å². The van der Waals surface area contributed by atoms with Crippen LogP contribution < -0.4 is 5.32 Å². The minimum absolute atomic E-state index is 0.116. The number of ether oxygens (including phenoxy) is 1. The maximum absolute atomic E-state index is 13.5. The molecule has 0 aromatic heterocycles. The van der Waals surface area contributed by atoms with Gasteiger partial charge in [0.2, 0.25) is 0 Å². The van der Waals surface area contributed by atoms with E-state index in [9.17, 15) is 13.9 Å². The molecule has 0 bridgehead atoms. The van der Waals surface area contributed by atoms with Gasteiger partial charge in [0.1, 0.15) is 0 Å². The molecule has 0 fully saturated rings. The van der Waals surface area contributed by atoms with Gasteiger partial charge in [0.15, 0.2) is 11.6 Å². The zero-order valence-electron chi connectivity index (χ0n) is 13.9. The van der Waals surface area contributed by atoms with Crippen LogP contribution in [-0.4, -0.2) is 25.4 Å². The maximum atomic E-state index is 13.5. The average molecular weight is 335 g/mol. The summed E-state index contributed by atoms with van der Waals surface area (Å²) in [4.78, 5) is 0. The molecule has 5 heteroatoms. The number of aliphatic hydroxyl groups excluding tert-OH is 1. The summed E-state index contributed by atoms with van der Waals surface area (Å²) in [7, 11) is 1.54. The number of rotatable bonds is 8. The third-order valence-electron chi connectivity index (χ3n) is 4.05. The van der Waals surface area contributed by atoms with Gasteiger partial charge in [-0.3, -0.25) is 5.32 Å². The molecule has 2 atom stereocenters. The predicted octanol–water partition coefficient (Wildman–Crippen LogP) is 3.54. The summed E-state index contributed by atoms with van der Waals surface area (Å²) in [5, 5.41) is 13.0. The Morgan fingerprint density at radius 1 is 1.00 bits per heavy atom. The van der Waals surface area contributed by atoms with Crippen molar-refractivity contribution in [3.63, 3.8) is 0 Å². The zero-order valence-corrected chi connectivity index (χ0v) is 13.9. The van der Waals surface area contributed by atoms with E-state index in [-0.39, 0.29) is 25.3 Å². The predicted molar refractivity (Wildman–Crippen MR) is 89.8 cm³/mol. The first-order valence-electron chi connectivity index (χ1n) is 7.98. The molecule has 2 aromatic rings. The van der Waals surface area contributed by atoms with Crippen molar-refractivity contribution >= 4 is 0 Å². The summed E-state index contributed by atoms with van der Waals surface area (Å²) in [6.45, 7) is 2.23. The highest BCUT2D eigenvalue weighted by atomic mass is 19.2. The summed E-state index contributed by atoms with van der Waals surface area (Å²) < 4.78 is 31.8. The second kappa shape index (κ2) is 8.87. The SMILES string of the molecule is CCc1ccc(C(CO)NC(COC)c2ccc(F)c(F)c2)cc1. The molecule has 2 unspecified atom stereocenters. The van der Waals surface area contributed by atoms with E-state index in [1.54, 1.807) is 7.11 Å². The molecule has 24 heavy (non-hydrogen) atoms. The molecule has 0 aliphatic carbocycles. The third-order valence-corrected chi connectivity index (χ3v) is 4.05. The van der Waals surface area contributed by atoms with Crippen LogP contribution in [0.2, 0.25) is 0 Å². The highest BCUT2D eigenvalue weighted by Gasteiger charge is 2.19. The fraction of sp³-hybridized carbons (Fsp3) is 0.368. The van der Waals surface area contributed by atoms with E-state index in [4.69, 9.17) is 4.74 Å². The van der Waals surface area contributed by atoms with Crippen molar-refractivity contribution in [2.75, 3.05) is 20.3 Å². The molecule has 2 N–H and O–H groups in total. The van der Waals surface area contributed by atoms with E-state index in [1.165, 1.54) is 11.6 Å². The second-order valence-electron chi connectivity index (χ2n) is 5.68. The van der Waals surface area contributed by atoms with Crippen molar-refractivity contribution in [3.8, 4) is 0 Å². The highest BCUT2D eigenvalue weighted by Crippen LogP contribution is 2.22. The van der Waals surface area contributed by atoms with Crippen LogP contribution in [0.15, 0.2) is 42.5 Å². The minimum Gasteiger partial charge on any atom is -0.394 e. The molecule has 0 saturated carbocycles. The van der Waals surface area contributed by atoms with Gasteiger partial charge in [-0.25, -0.2) is 8.78 Å². The van der Waals surface area contributed by atoms with E-state index >= 15 is 0 Å². The lowest BCUT2D eigenvalue weighted by Gasteiger charge is -2.25. The Morgan fingerprint density at radius 3 is 2.21 bits per heavy atom. The van der Waals surface area contributed by atoms with Crippen LogP contribution in [0, 0.1) is 11.6 Å². The first kappa shape index (κ1) is 18.5. The third kappa shape index (κ3) is 4.60. The van der Waals surface area contributed by atoms with Gasteiger partial charge in [0, 0.05) is 7.11 Å². The minimum atomic E-state index is -0.900. The Balaban J connectivity index is 2.21. The Bertz CT molecular complexity index is 646. The van der Waals surface area contributed by atoms with Crippen molar-refractivity contribution in [1.29, 1.82) is 0 Å². The van der Waals surface area contributed by atoms with Crippen molar-refractivity contribution in [1.82, 2.24) is 5.32 Å². The monoisotopic (exact) mass is 335 g/mol. The molecule has 0 aliphatic heterocycles. The Hall–Kier alpha value is -1.82. The quantitative estimate of drug-likeness (QED) is 0.775. The summed E-state index contributed by atoms with van der Waals surface area (Å²) in [5.41, 5.74) is 2.71. The lowest BCUT2D eigenvalue weighted by Crippen LogP contribution is -2.31. The van der Waals surface area contributed by atoms with Crippen molar-refractivity contribution in [2.45, 2.75) is 25.4 Å². The molecule has 0 amide bonds.